The van der Waals surface area contributed by atoms with E-state index < -0.39 is 12.1 Å². The van der Waals surface area contributed by atoms with Gasteiger partial charge >= 0.3 is 5.97 Å². The van der Waals surface area contributed by atoms with Crippen molar-refractivity contribution in [1.82, 2.24) is 5.32 Å². The lowest BCUT2D eigenvalue weighted by molar-refractivity contribution is -0.143. The van der Waals surface area contributed by atoms with E-state index in [1.807, 2.05) is 0 Å². The molecule has 306 valence electrons. The van der Waals surface area contributed by atoms with Gasteiger partial charge in [-0.05, 0) is 70.6 Å². The Morgan fingerprint density at radius 2 is 0.923 bits per heavy atom. The highest BCUT2D eigenvalue weighted by atomic mass is 16.5. The number of hydrogen-bond acceptors (Lipinski definition) is 5. The van der Waals surface area contributed by atoms with E-state index in [4.69, 9.17) is 4.74 Å². The summed E-state index contributed by atoms with van der Waals surface area (Å²) in [6.45, 7) is 4.84. The average molecular weight is 734 g/mol. The molecule has 0 saturated heterocycles. The zero-order valence-corrected chi connectivity index (χ0v) is 34.5. The lowest BCUT2D eigenvalue weighted by Crippen LogP contribution is -2.45. The van der Waals surface area contributed by atoms with Gasteiger partial charge in [0.05, 0.1) is 25.4 Å². The minimum atomic E-state index is -0.671. The first-order valence-corrected chi connectivity index (χ1v) is 22.6. The van der Waals surface area contributed by atoms with Crippen molar-refractivity contribution in [3.63, 3.8) is 0 Å². The van der Waals surface area contributed by atoms with E-state index in [9.17, 15) is 19.8 Å². The predicted molar refractivity (Wildman–Crippen MR) is 223 cm³/mol. The largest absolute Gasteiger partial charge is 0.466 e. The molecule has 2 unspecified atom stereocenters. The molecule has 2 atom stereocenters. The van der Waals surface area contributed by atoms with Gasteiger partial charge in [0.15, 0.2) is 0 Å². The summed E-state index contributed by atoms with van der Waals surface area (Å²) in [5, 5.41) is 23.0. The number of allylic oxidation sites excluding steroid dienone is 4. The Morgan fingerprint density at radius 3 is 1.42 bits per heavy atom. The summed E-state index contributed by atoms with van der Waals surface area (Å²) < 4.78 is 5.42. The van der Waals surface area contributed by atoms with Gasteiger partial charge in [-0.25, -0.2) is 0 Å². The molecule has 0 aromatic heterocycles. The van der Waals surface area contributed by atoms with Crippen molar-refractivity contribution < 1.29 is 24.5 Å². The predicted octanol–water partition coefficient (Wildman–Crippen LogP) is 12.8. The number of unbranched alkanes of at least 4 members (excludes halogenated alkanes) is 26. The normalized spacial score (nSPS) is 12.9. The number of hydrogen-bond donors (Lipinski definition) is 3. The Balaban J connectivity index is 3.48. The molecule has 6 nitrogen and oxygen atoms in total. The number of aliphatic hydroxyl groups excluding tert-OH is 2. The zero-order valence-electron chi connectivity index (χ0n) is 34.5. The van der Waals surface area contributed by atoms with Gasteiger partial charge in [-0.3, -0.25) is 9.59 Å². The van der Waals surface area contributed by atoms with Gasteiger partial charge in [0.25, 0.3) is 0 Å². The Bertz CT molecular complexity index is 813. The lowest BCUT2D eigenvalue weighted by Gasteiger charge is -2.22. The van der Waals surface area contributed by atoms with Gasteiger partial charge in [0.2, 0.25) is 5.91 Å². The minimum Gasteiger partial charge on any atom is -0.466 e. The highest BCUT2D eigenvalue weighted by molar-refractivity contribution is 5.76. The van der Waals surface area contributed by atoms with E-state index in [1.54, 1.807) is 0 Å². The second-order valence-corrected chi connectivity index (χ2v) is 15.4. The van der Waals surface area contributed by atoms with Crippen molar-refractivity contribution in [2.75, 3.05) is 13.2 Å². The number of esters is 1. The third-order valence-electron chi connectivity index (χ3n) is 10.2. The molecular formula is C46H87NO5. The molecule has 6 heteroatoms. The number of carbonyl (C=O) groups is 2. The maximum absolute atomic E-state index is 12.4. The number of rotatable bonds is 41. The quantitative estimate of drug-likeness (QED) is 0.0330. The van der Waals surface area contributed by atoms with Crippen molar-refractivity contribution in [2.45, 2.75) is 244 Å². The van der Waals surface area contributed by atoms with Gasteiger partial charge in [-0.2, -0.15) is 0 Å². The van der Waals surface area contributed by atoms with E-state index in [2.05, 4.69) is 43.5 Å². The Hall–Kier alpha value is -1.66. The standard InChI is InChI=1S/C46H87NO5/c1-3-5-7-9-11-13-19-24-28-32-36-40-46(51)52-41-37-33-29-25-21-18-16-14-15-17-20-23-27-31-35-39-45(50)47-43(42-48)44(49)38-34-30-26-22-12-10-8-6-4-2/h9,11,16,18,43-44,48-49H,3-8,10,12-15,17,19-42H2,1-2H3,(H,47,50)/b11-9-,18-16-. The molecule has 0 fully saturated rings. The molecule has 0 aromatic carbocycles. The van der Waals surface area contributed by atoms with Crippen molar-refractivity contribution >= 4 is 11.9 Å². The molecule has 3 N–H and O–H groups in total. The Labute approximate surface area is 322 Å². The number of nitrogens with one attached hydrogen (secondary N) is 1. The number of amides is 1. The summed E-state index contributed by atoms with van der Waals surface area (Å²) in [4.78, 5) is 24.3. The van der Waals surface area contributed by atoms with Crippen LogP contribution in [0.5, 0.6) is 0 Å². The maximum atomic E-state index is 12.4. The van der Waals surface area contributed by atoms with E-state index in [0.29, 0.717) is 25.9 Å². The van der Waals surface area contributed by atoms with Crippen molar-refractivity contribution in [1.29, 1.82) is 0 Å². The van der Waals surface area contributed by atoms with Crippen LogP contribution in [-0.4, -0.2) is 47.4 Å². The van der Waals surface area contributed by atoms with Crippen molar-refractivity contribution in [2.24, 2.45) is 0 Å². The summed E-state index contributed by atoms with van der Waals surface area (Å²) in [5.74, 6) is -0.0765. The first kappa shape index (κ1) is 50.3. The molecule has 0 aromatic rings. The minimum absolute atomic E-state index is 0.0222. The third kappa shape index (κ3) is 38.1. The summed E-state index contributed by atoms with van der Waals surface area (Å²) in [7, 11) is 0. The van der Waals surface area contributed by atoms with E-state index in [0.717, 1.165) is 70.6 Å². The SMILES string of the molecule is CCCC/C=C\CCCCCCCC(=O)OCCCCCC/C=C\CCCCCCCCCC(=O)NC(CO)C(O)CCCCCCCCCCC. The van der Waals surface area contributed by atoms with E-state index in [-0.39, 0.29) is 18.5 Å². The van der Waals surface area contributed by atoms with Gasteiger partial charge in [-0.15, -0.1) is 0 Å². The first-order valence-electron chi connectivity index (χ1n) is 22.6. The summed E-state index contributed by atoms with van der Waals surface area (Å²) in [5.41, 5.74) is 0. The fourth-order valence-electron chi connectivity index (χ4n) is 6.67. The van der Waals surface area contributed by atoms with E-state index >= 15 is 0 Å². The monoisotopic (exact) mass is 734 g/mol. The molecular weight excluding hydrogens is 647 g/mol. The Morgan fingerprint density at radius 1 is 0.519 bits per heavy atom. The molecule has 0 radical (unpaired) electrons. The molecule has 0 heterocycles. The molecule has 0 rings (SSSR count). The van der Waals surface area contributed by atoms with Gasteiger partial charge < -0.3 is 20.3 Å². The number of carbonyl (C=O) groups excluding carboxylic acids is 2. The van der Waals surface area contributed by atoms with Crippen LogP contribution < -0.4 is 5.32 Å². The van der Waals surface area contributed by atoms with Gasteiger partial charge in [0, 0.05) is 12.8 Å². The van der Waals surface area contributed by atoms with Crippen LogP contribution in [0.25, 0.3) is 0 Å². The Kier molecular flexibility index (Phi) is 40.7. The third-order valence-corrected chi connectivity index (χ3v) is 10.2. The number of ether oxygens (including phenoxy) is 1. The fraction of sp³-hybridized carbons (Fsp3) is 0.870. The molecule has 0 aliphatic rings. The summed E-state index contributed by atoms with van der Waals surface area (Å²) >= 11 is 0. The molecule has 0 spiro atoms. The molecule has 0 aliphatic carbocycles. The van der Waals surface area contributed by atoms with Crippen molar-refractivity contribution in [3.8, 4) is 0 Å². The van der Waals surface area contributed by atoms with Crippen LogP contribution in [0.2, 0.25) is 0 Å². The van der Waals surface area contributed by atoms with Crippen LogP contribution >= 0.6 is 0 Å². The van der Waals surface area contributed by atoms with Crippen LogP contribution in [0.15, 0.2) is 24.3 Å². The molecule has 1 amide bonds. The summed E-state index contributed by atoms with van der Waals surface area (Å²) in [6.07, 6.45) is 47.1. The van der Waals surface area contributed by atoms with E-state index in [1.165, 1.54) is 128 Å². The summed E-state index contributed by atoms with van der Waals surface area (Å²) in [6, 6.07) is -0.550. The zero-order chi connectivity index (χ0) is 38.0. The lowest BCUT2D eigenvalue weighted by atomic mass is 10.0. The maximum Gasteiger partial charge on any atom is 0.305 e. The number of aliphatic hydroxyl groups is 2. The van der Waals surface area contributed by atoms with Crippen LogP contribution in [0.1, 0.15) is 232 Å². The molecule has 52 heavy (non-hydrogen) atoms. The average Bonchev–Trinajstić information content (AvgIpc) is 3.14. The fourth-order valence-corrected chi connectivity index (χ4v) is 6.67. The topological polar surface area (TPSA) is 95.9 Å². The first-order chi connectivity index (χ1) is 25.5. The molecule has 0 aliphatic heterocycles. The van der Waals surface area contributed by atoms with Crippen molar-refractivity contribution in [3.05, 3.63) is 24.3 Å². The molecule has 0 bridgehead atoms. The highest BCUT2D eigenvalue weighted by Crippen LogP contribution is 2.14. The van der Waals surface area contributed by atoms with Gasteiger partial charge in [-0.1, -0.05) is 173 Å². The second-order valence-electron chi connectivity index (χ2n) is 15.4. The second kappa shape index (κ2) is 42.1. The van der Waals surface area contributed by atoms with Crippen LogP contribution in [0.4, 0.5) is 0 Å². The van der Waals surface area contributed by atoms with Crippen LogP contribution in [0, 0.1) is 0 Å². The highest BCUT2D eigenvalue weighted by Gasteiger charge is 2.20. The van der Waals surface area contributed by atoms with Crippen LogP contribution in [0.3, 0.4) is 0 Å². The van der Waals surface area contributed by atoms with Crippen LogP contribution in [-0.2, 0) is 14.3 Å². The smallest absolute Gasteiger partial charge is 0.305 e. The molecule has 0 saturated carbocycles. The van der Waals surface area contributed by atoms with Gasteiger partial charge in [0.1, 0.15) is 0 Å².